The number of thiazole rings is 1. The predicted octanol–water partition coefficient (Wildman–Crippen LogP) is 7.11. The number of nitrogens with one attached hydrogen (secondary N) is 1. The Hall–Kier alpha value is -1.32. The molecule has 0 saturated heterocycles. The number of azide groups is 1. The van der Waals surface area contributed by atoms with Gasteiger partial charge in [0.05, 0.1) is 16.4 Å². The highest BCUT2D eigenvalue weighted by Gasteiger charge is 2.46. The van der Waals surface area contributed by atoms with Crippen molar-refractivity contribution >= 4 is 42.5 Å². The van der Waals surface area contributed by atoms with Crippen molar-refractivity contribution in [3.63, 3.8) is 0 Å². The first-order chi connectivity index (χ1) is 13.6. The number of nitrogens with zero attached hydrogens (tertiary/aromatic N) is 4. The molecule has 0 radical (unpaired) electrons. The molecule has 0 aliphatic rings. The second-order valence-electron chi connectivity index (χ2n) is 9.55. The third kappa shape index (κ3) is 7.42. The highest BCUT2D eigenvalue weighted by atomic mass is 35.5. The number of rotatable bonds is 9. The van der Waals surface area contributed by atoms with Crippen molar-refractivity contribution in [2.24, 2.45) is 11.0 Å². The summed E-state index contributed by atoms with van der Waals surface area (Å²) in [6.45, 7) is 18.6. The van der Waals surface area contributed by atoms with E-state index in [9.17, 15) is 4.79 Å². The van der Waals surface area contributed by atoms with Crippen molar-refractivity contribution in [2.75, 3.05) is 11.9 Å². The number of carbonyl (C=O) groups excluding carboxylic acids is 1. The van der Waals surface area contributed by atoms with Gasteiger partial charge in [0.25, 0.3) is 0 Å². The van der Waals surface area contributed by atoms with Crippen molar-refractivity contribution < 1.29 is 14.0 Å². The van der Waals surface area contributed by atoms with Gasteiger partial charge in [-0.15, -0.1) is 11.6 Å². The Kier molecular flexibility index (Phi) is 9.19. The number of alkyl halides is 1. The maximum absolute atomic E-state index is 12.0. The summed E-state index contributed by atoms with van der Waals surface area (Å²) in [5.41, 5.74) is 8.09. The molecular formula is C19H34ClN5O3SSi. The summed E-state index contributed by atoms with van der Waals surface area (Å²) in [7, 11) is -2.25. The Morgan fingerprint density at radius 2 is 1.97 bits per heavy atom. The van der Waals surface area contributed by atoms with Crippen LogP contribution in [0.4, 0.5) is 9.93 Å². The Morgan fingerprint density at radius 3 is 2.47 bits per heavy atom. The fourth-order valence-corrected chi connectivity index (χ4v) is 6.56. The number of carbonyl (C=O) groups is 1. The molecule has 1 amide bonds. The molecule has 0 bridgehead atoms. The largest absolute Gasteiger partial charge is 0.444 e. The Morgan fingerprint density at radius 1 is 1.37 bits per heavy atom. The molecule has 0 fully saturated rings. The molecule has 170 valence electrons. The van der Waals surface area contributed by atoms with Crippen molar-refractivity contribution in [3.05, 3.63) is 21.5 Å². The predicted molar refractivity (Wildman–Crippen MR) is 126 cm³/mol. The Bertz CT molecular complexity index is 772. The van der Waals surface area contributed by atoms with Gasteiger partial charge in [-0.05, 0) is 50.4 Å². The first kappa shape index (κ1) is 26.7. The summed E-state index contributed by atoms with van der Waals surface area (Å²) in [5.74, 6) is 0.413. The van der Waals surface area contributed by atoms with E-state index in [2.05, 4.69) is 61.1 Å². The van der Waals surface area contributed by atoms with E-state index in [0.29, 0.717) is 11.0 Å². The molecular weight excluding hydrogens is 442 g/mol. The molecule has 1 aromatic rings. The zero-order valence-corrected chi connectivity index (χ0v) is 21.9. The zero-order chi connectivity index (χ0) is 23.3. The molecule has 30 heavy (non-hydrogen) atoms. The highest BCUT2D eigenvalue weighted by molar-refractivity contribution is 7.15. The van der Waals surface area contributed by atoms with Crippen LogP contribution in [-0.4, -0.2) is 36.9 Å². The van der Waals surface area contributed by atoms with Gasteiger partial charge in [-0.3, -0.25) is 5.32 Å². The van der Waals surface area contributed by atoms with E-state index < -0.39 is 31.5 Å². The van der Waals surface area contributed by atoms with Crippen LogP contribution in [0.5, 0.6) is 0 Å². The highest BCUT2D eigenvalue weighted by Crippen LogP contribution is 2.47. The lowest BCUT2D eigenvalue weighted by atomic mass is 9.99. The van der Waals surface area contributed by atoms with E-state index in [1.54, 1.807) is 27.0 Å². The van der Waals surface area contributed by atoms with Gasteiger partial charge in [-0.2, -0.15) is 0 Å². The molecule has 0 aliphatic heterocycles. The lowest BCUT2D eigenvalue weighted by molar-refractivity contribution is 0.0636. The summed E-state index contributed by atoms with van der Waals surface area (Å²) in [6.07, 6.45) is 0.553. The molecule has 1 aromatic heterocycles. The van der Waals surface area contributed by atoms with Gasteiger partial charge in [0.2, 0.25) is 0 Å². The summed E-state index contributed by atoms with van der Waals surface area (Å²) >= 11 is 7.87. The fraction of sp³-hybridized carbons (Fsp3) is 0.789. The van der Waals surface area contributed by atoms with Gasteiger partial charge in [0.15, 0.2) is 13.4 Å². The first-order valence-electron chi connectivity index (χ1n) is 9.89. The maximum atomic E-state index is 12.0. The minimum atomic E-state index is -2.25. The van der Waals surface area contributed by atoms with Crippen molar-refractivity contribution in [2.45, 2.75) is 83.7 Å². The van der Waals surface area contributed by atoms with Crippen molar-refractivity contribution in [1.29, 1.82) is 0 Å². The Labute approximate surface area is 189 Å². The quantitative estimate of drug-likeness (QED) is 0.135. The number of halogens is 1. The van der Waals surface area contributed by atoms with Gasteiger partial charge in [0, 0.05) is 17.7 Å². The topological polar surface area (TPSA) is 109 Å². The molecule has 0 aliphatic carbocycles. The third-order valence-corrected chi connectivity index (χ3v) is 11.3. The molecule has 1 rings (SSSR count). The lowest BCUT2D eigenvalue weighted by Crippen LogP contribution is -2.47. The number of anilines is 1. The molecule has 2 atom stereocenters. The van der Waals surface area contributed by atoms with Crippen LogP contribution in [0.15, 0.2) is 11.3 Å². The van der Waals surface area contributed by atoms with E-state index in [1.807, 2.05) is 0 Å². The summed E-state index contributed by atoms with van der Waals surface area (Å²) < 4.78 is 11.9. The molecule has 8 nitrogen and oxygen atoms in total. The molecule has 1 N–H and O–H groups in total. The van der Waals surface area contributed by atoms with E-state index >= 15 is 0 Å². The number of aromatic nitrogens is 1. The monoisotopic (exact) mass is 475 g/mol. The van der Waals surface area contributed by atoms with Gasteiger partial charge in [-0.1, -0.05) is 44.1 Å². The summed E-state index contributed by atoms with van der Waals surface area (Å²) in [5, 5.41) is 6.07. The fourth-order valence-electron chi connectivity index (χ4n) is 2.55. The van der Waals surface area contributed by atoms with Crippen LogP contribution in [-0.2, 0) is 9.16 Å². The lowest BCUT2D eigenvalue weighted by Gasteiger charge is -2.44. The van der Waals surface area contributed by atoms with Crippen molar-refractivity contribution in [3.8, 4) is 0 Å². The van der Waals surface area contributed by atoms with E-state index in [4.69, 9.17) is 26.3 Å². The van der Waals surface area contributed by atoms with Crippen LogP contribution < -0.4 is 5.32 Å². The van der Waals surface area contributed by atoms with E-state index in [1.165, 1.54) is 11.3 Å². The first-order valence-corrected chi connectivity index (χ1v) is 14.1. The zero-order valence-electron chi connectivity index (χ0n) is 19.3. The molecule has 0 spiro atoms. The SMILES string of the molecule is CC(C)C(C)(C)[Si](C)(C)O[C@H](c1cnc(NC(=O)OC(C)(C)C)s1)[C@@H](Cl)CN=[N+]=[N-]. The number of hydrogen-bond donors (Lipinski definition) is 1. The van der Waals surface area contributed by atoms with Crippen LogP contribution >= 0.6 is 22.9 Å². The summed E-state index contributed by atoms with van der Waals surface area (Å²) in [4.78, 5) is 19.9. The summed E-state index contributed by atoms with van der Waals surface area (Å²) in [6, 6.07) is 0. The number of amides is 1. The van der Waals surface area contributed by atoms with Gasteiger partial charge in [0.1, 0.15) is 5.60 Å². The third-order valence-electron chi connectivity index (χ3n) is 5.48. The number of hydrogen-bond acceptors (Lipinski definition) is 6. The molecule has 1 heterocycles. The van der Waals surface area contributed by atoms with Crippen LogP contribution in [0.25, 0.3) is 10.4 Å². The van der Waals surface area contributed by atoms with Gasteiger partial charge in [-0.25, -0.2) is 9.78 Å². The van der Waals surface area contributed by atoms with E-state index in [0.717, 1.165) is 4.88 Å². The van der Waals surface area contributed by atoms with Gasteiger partial charge < -0.3 is 9.16 Å². The maximum Gasteiger partial charge on any atom is 0.413 e. The Balaban J connectivity index is 3.14. The van der Waals surface area contributed by atoms with Gasteiger partial charge >= 0.3 is 6.09 Å². The normalized spacial score (nSPS) is 14.8. The molecule has 0 saturated carbocycles. The van der Waals surface area contributed by atoms with Crippen LogP contribution in [0.3, 0.4) is 0 Å². The second kappa shape index (κ2) is 10.3. The second-order valence-corrected chi connectivity index (χ2v) is 15.7. The van der Waals surface area contributed by atoms with E-state index in [-0.39, 0.29) is 11.6 Å². The van der Waals surface area contributed by atoms with Crippen LogP contribution in [0.1, 0.15) is 59.4 Å². The minimum absolute atomic E-state index is 0.0252. The smallest absolute Gasteiger partial charge is 0.413 e. The van der Waals surface area contributed by atoms with Crippen molar-refractivity contribution in [1.82, 2.24) is 4.98 Å². The molecule has 11 heteroatoms. The van der Waals surface area contributed by atoms with Crippen LogP contribution in [0.2, 0.25) is 18.1 Å². The van der Waals surface area contributed by atoms with Crippen LogP contribution in [0, 0.1) is 5.92 Å². The molecule has 0 unspecified atom stereocenters. The number of ether oxygens (including phenoxy) is 1. The molecule has 0 aromatic carbocycles. The average Bonchev–Trinajstić information content (AvgIpc) is 3.03. The minimum Gasteiger partial charge on any atom is -0.444 e. The standard InChI is InChI=1S/C19H34ClN5O3SSi/c1-12(2)19(6,7)30(8,9)28-15(13(20)10-23-25-21)14-11-22-16(29-14)24-17(26)27-18(3,4)5/h11-13,15H,10H2,1-9H3,(H,22,24,26)/t13-,15-/m0/s1. The average molecular weight is 476 g/mol.